The number of halogens is 1. The number of rotatable bonds is 10. The van der Waals surface area contributed by atoms with Crippen LogP contribution in [-0.4, -0.2) is 71.8 Å². The molecule has 0 aliphatic carbocycles. The molecule has 182 valence electrons. The van der Waals surface area contributed by atoms with Crippen LogP contribution in [0.1, 0.15) is 5.56 Å². The van der Waals surface area contributed by atoms with E-state index in [1.54, 1.807) is 43.9 Å². The Labute approximate surface area is 204 Å². The summed E-state index contributed by atoms with van der Waals surface area (Å²) in [6.45, 7) is 3.85. The summed E-state index contributed by atoms with van der Waals surface area (Å²) >= 11 is 5.93. The zero-order valence-corrected chi connectivity index (χ0v) is 20.0. The molecule has 34 heavy (non-hydrogen) atoms. The first-order chi connectivity index (χ1) is 16.5. The molecule has 9 heteroatoms. The lowest BCUT2D eigenvalue weighted by Gasteiger charge is -2.30. The molecular formula is C25H30ClN3O5. The molecule has 1 aliphatic heterocycles. The van der Waals surface area contributed by atoms with Gasteiger partial charge in [0.05, 0.1) is 33.2 Å². The van der Waals surface area contributed by atoms with Gasteiger partial charge in [0.15, 0.2) is 11.5 Å². The third kappa shape index (κ3) is 6.87. The topological polar surface area (TPSA) is 78.2 Å². The number of hydrogen-bond acceptors (Lipinski definition) is 7. The monoisotopic (exact) mass is 487 g/mol. The molecule has 1 atom stereocenters. The molecule has 1 fully saturated rings. The summed E-state index contributed by atoms with van der Waals surface area (Å²) in [5.41, 5.74) is -0.0713. The maximum absolute atomic E-state index is 11.2. The van der Waals surface area contributed by atoms with Crippen molar-refractivity contribution in [1.82, 2.24) is 14.5 Å². The fourth-order valence-electron chi connectivity index (χ4n) is 3.84. The van der Waals surface area contributed by atoms with E-state index in [0.29, 0.717) is 61.7 Å². The fourth-order valence-corrected chi connectivity index (χ4v) is 3.96. The first kappa shape index (κ1) is 24.3. The number of ether oxygens (including phenoxy) is 4. The summed E-state index contributed by atoms with van der Waals surface area (Å²) in [5.74, 6) is 2.02. The number of aromatic nitrogens is 2. The van der Waals surface area contributed by atoms with Gasteiger partial charge in [-0.05, 0) is 42.0 Å². The van der Waals surface area contributed by atoms with E-state index in [9.17, 15) is 5.11 Å². The van der Waals surface area contributed by atoms with Gasteiger partial charge in [0, 0.05) is 37.1 Å². The van der Waals surface area contributed by atoms with Crippen molar-refractivity contribution < 1.29 is 24.1 Å². The van der Waals surface area contributed by atoms with Gasteiger partial charge in [-0.2, -0.15) is 0 Å². The van der Waals surface area contributed by atoms with Crippen molar-refractivity contribution in [2.75, 3.05) is 46.6 Å². The quantitative estimate of drug-likeness (QED) is 0.470. The van der Waals surface area contributed by atoms with E-state index >= 15 is 0 Å². The molecule has 0 saturated carbocycles. The second-order valence-corrected chi connectivity index (χ2v) is 8.80. The van der Waals surface area contributed by atoms with Crippen molar-refractivity contribution in [2.45, 2.75) is 18.7 Å². The van der Waals surface area contributed by atoms with Crippen LogP contribution in [0.5, 0.6) is 17.2 Å². The summed E-state index contributed by atoms with van der Waals surface area (Å²) in [5, 5.41) is 11.8. The number of benzene rings is 2. The minimum atomic E-state index is -1.13. The van der Waals surface area contributed by atoms with Crippen LogP contribution in [-0.2, 0) is 17.8 Å². The SMILES string of the molecule is COc1cc(CN2CCOCC(O)(COc3ccc(Cl)cc3)C2)ccc1OCCn1ccnc1. The van der Waals surface area contributed by atoms with Gasteiger partial charge in [-0.3, -0.25) is 4.90 Å². The Bertz CT molecular complexity index is 1030. The Morgan fingerprint density at radius 1 is 1.15 bits per heavy atom. The number of methoxy groups -OCH3 is 1. The van der Waals surface area contributed by atoms with Crippen LogP contribution in [0, 0.1) is 0 Å². The molecule has 0 bridgehead atoms. The first-order valence-corrected chi connectivity index (χ1v) is 11.6. The van der Waals surface area contributed by atoms with Crippen LogP contribution in [0.15, 0.2) is 61.2 Å². The molecule has 4 rings (SSSR count). The molecule has 1 saturated heterocycles. The van der Waals surface area contributed by atoms with Gasteiger partial charge in [-0.15, -0.1) is 0 Å². The van der Waals surface area contributed by atoms with Gasteiger partial charge in [0.1, 0.15) is 24.6 Å². The summed E-state index contributed by atoms with van der Waals surface area (Å²) in [7, 11) is 1.63. The fraction of sp³-hybridized carbons (Fsp3) is 0.400. The van der Waals surface area contributed by atoms with Crippen LogP contribution < -0.4 is 14.2 Å². The predicted molar refractivity (Wildman–Crippen MR) is 129 cm³/mol. The lowest BCUT2D eigenvalue weighted by molar-refractivity contribution is -0.0646. The van der Waals surface area contributed by atoms with Crippen molar-refractivity contribution >= 4 is 11.6 Å². The molecule has 0 radical (unpaired) electrons. The molecule has 0 amide bonds. The van der Waals surface area contributed by atoms with Gasteiger partial charge in [-0.1, -0.05) is 17.7 Å². The molecule has 3 aromatic rings. The molecule has 8 nitrogen and oxygen atoms in total. The first-order valence-electron chi connectivity index (χ1n) is 11.2. The van der Waals surface area contributed by atoms with Crippen molar-refractivity contribution in [3.8, 4) is 17.2 Å². The van der Waals surface area contributed by atoms with E-state index in [4.69, 9.17) is 30.5 Å². The smallest absolute Gasteiger partial charge is 0.161 e. The Balaban J connectivity index is 1.34. The largest absolute Gasteiger partial charge is 0.493 e. The van der Waals surface area contributed by atoms with E-state index in [0.717, 1.165) is 5.56 Å². The second kappa shape index (κ2) is 11.6. The molecule has 0 spiro atoms. The molecule has 2 aromatic carbocycles. The van der Waals surface area contributed by atoms with Gasteiger partial charge in [-0.25, -0.2) is 4.98 Å². The number of aliphatic hydroxyl groups is 1. The van der Waals surface area contributed by atoms with E-state index in [-0.39, 0.29) is 13.2 Å². The highest BCUT2D eigenvalue weighted by atomic mass is 35.5. The van der Waals surface area contributed by atoms with Gasteiger partial charge >= 0.3 is 0 Å². The standard InChI is InChI=1S/C25H30ClN3O5/c1-31-24-14-20(2-7-23(24)33-13-11-28-9-8-27-19-28)15-29-10-12-32-17-25(30,16-29)18-34-22-5-3-21(26)4-6-22/h2-9,14,19,30H,10-13,15-18H2,1H3. The lowest BCUT2D eigenvalue weighted by Crippen LogP contribution is -2.48. The van der Waals surface area contributed by atoms with Crippen molar-refractivity contribution in [3.05, 3.63) is 71.8 Å². The Morgan fingerprint density at radius 3 is 2.76 bits per heavy atom. The Morgan fingerprint density at radius 2 is 2.00 bits per heavy atom. The highest BCUT2D eigenvalue weighted by Gasteiger charge is 2.33. The van der Waals surface area contributed by atoms with Gasteiger partial charge in [0.25, 0.3) is 0 Å². The van der Waals surface area contributed by atoms with E-state index < -0.39 is 5.60 Å². The highest BCUT2D eigenvalue weighted by molar-refractivity contribution is 6.30. The normalized spacial score (nSPS) is 18.9. The van der Waals surface area contributed by atoms with Gasteiger partial charge < -0.3 is 28.6 Å². The highest BCUT2D eigenvalue weighted by Crippen LogP contribution is 2.29. The zero-order valence-electron chi connectivity index (χ0n) is 19.2. The number of hydrogen-bond donors (Lipinski definition) is 1. The lowest BCUT2D eigenvalue weighted by atomic mass is 10.1. The average molecular weight is 488 g/mol. The Kier molecular flexibility index (Phi) is 8.29. The number of nitrogens with zero attached hydrogens (tertiary/aromatic N) is 3. The average Bonchev–Trinajstić information content (AvgIpc) is 3.29. The molecule has 1 aliphatic rings. The van der Waals surface area contributed by atoms with E-state index in [2.05, 4.69) is 9.88 Å². The third-order valence-electron chi connectivity index (χ3n) is 5.56. The summed E-state index contributed by atoms with van der Waals surface area (Å²) < 4.78 is 24.9. The number of imidazole rings is 1. The van der Waals surface area contributed by atoms with Crippen molar-refractivity contribution in [2.24, 2.45) is 0 Å². The van der Waals surface area contributed by atoms with Crippen LogP contribution >= 0.6 is 11.6 Å². The molecule has 2 heterocycles. The third-order valence-corrected chi connectivity index (χ3v) is 5.81. The second-order valence-electron chi connectivity index (χ2n) is 8.36. The van der Waals surface area contributed by atoms with Crippen LogP contribution in [0.2, 0.25) is 5.02 Å². The maximum atomic E-state index is 11.2. The minimum Gasteiger partial charge on any atom is -0.493 e. The summed E-state index contributed by atoms with van der Waals surface area (Å²) in [6, 6.07) is 13.0. The summed E-state index contributed by atoms with van der Waals surface area (Å²) in [6.07, 6.45) is 5.40. The van der Waals surface area contributed by atoms with E-state index in [1.807, 2.05) is 29.0 Å². The minimum absolute atomic E-state index is 0.123. The van der Waals surface area contributed by atoms with Crippen LogP contribution in [0.3, 0.4) is 0 Å². The molecular weight excluding hydrogens is 458 g/mol. The predicted octanol–water partition coefficient (Wildman–Crippen LogP) is 3.27. The Hall–Kier alpha value is -2.78. The molecule has 1 aromatic heterocycles. The summed E-state index contributed by atoms with van der Waals surface area (Å²) in [4.78, 5) is 6.19. The van der Waals surface area contributed by atoms with Crippen molar-refractivity contribution in [3.63, 3.8) is 0 Å². The van der Waals surface area contributed by atoms with Crippen LogP contribution in [0.4, 0.5) is 0 Å². The van der Waals surface area contributed by atoms with E-state index in [1.165, 1.54) is 0 Å². The van der Waals surface area contributed by atoms with Crippen LogP contribution in [0.25, 0.3) is 0 Å². The van der Waals surface area contributed by atoms with Gasteiger partial charge in [0.2, 0.25) is 0 Å². The number of β-amino-alcohol motifs (C(OH)–C–C–N with tert-alkyl or cyclic N) is 1. The molecule has 1 unspecified atom stereocenters. The maximum Gasteiger partial charge on any atom is 0.161 e. The van der Waals surface area contributed by atoms with Crippen molar-refractivity contribution in [1.29, 1.82) is 0 Å². The zero-order chi connectivity index (χ0) is 23.8. The molecule has 1 N–H and O–H groups in total.